The molecule has 3 saturated heterocycles. The number of ether oxygens (including phenoxy) is 1. The van der Waals surface area contributed by atoms with Gasteiger partial charge in [-0.3, -0.25) is 14.5 Å². The van der Waals surface area contributed by atoms with Crippen LogP contribution in [0.2, 0.25) is 0 Å². The number of carbonyl (C=O) groups is 2. The van der Waals surface area contributed by atoms with Crippen LogP contribution in [-0.4, -0.2) is 90.6 Å². The summed E-state index contributed by atoms with van der Waals surface area (Å²) >= 11 is 1.36. The molecule has 0 unspecified atom stereocenters. The summed E-state index contributed by atoms with van der Waals surface area (Å²) in [4.78, 5) is 30.1. The number of piperidine rings is 1. The highest BCUT2D eigenvalue weighted by atomic mass is 32.2. The lowest BCUT2D eigenvalue weighted by Gasteiger charge is -2.36. The van der Waals surface area contributed by atoms with Gasteiger partial charge in [0, 0.05) is 58.0 Å². The Hall–Kier alpha value is -0.790. The molecule has 3 fully saturated rings. The van der Waals surface area contributed by atoms with Crippen LogP contribution in [0.4, 0.5) is 4.79 Å². The molecule has 3 aliphatic heterocycles. The average Bonchev–Trinajstić information content (AvgIpc) is 2.99. The Bertz CT molecular complexity index is 421. The quantitative estimate of drug-likeness (QED) is 0.750. The van der Waals surface area contributed by atoms with Crippen LogP contribution < -0.4 is 0 Å². The summed E-state index contributed by atoms with van der Waals surface area (Å²) < 4.78 is 5.39. The van der Waals surface area contributed by atoms with Crippen molar-refractivity contribution in [2.75, 3.05) is 64.8 Å². The predicted molar refractivity (Wildman–Crippen MR) is 90.6 cm³/mol. The summed E-state index contributed by atoms with van der Waals surface area (Å²) in [5.74, 6) is 1.77. The second kappa shape index (κ2) is 8.35. The second-order valence-corrected chi connectivity index (χ2v) is 7.63. The SMILES string of the molecule is O=C(CCN1CCSC1=O)N1CCC(CN2CCOCC2)CC1. The highest BCUT2D eigenvalue weighted by Gasteiger charge is 2.26. The van der Waals surface area contributed by atoms with Crippen LogP contribution in [-0.2, 0) is 9.53 Å². The molecule has 0 aromatic carbocycles. The van der Waals surface area contributed by atoms with Gasteiger partial charge in [0.05, 0.1) is 13.2 Å². The van der Waals surface area contributed by atoms with Crippen LogP contribution in [0.25, 0.3) is 0 Å². The Morgan fingerprint density at radius 3 is 2.52 bits per heavy atom. The minimum absolute atomic E-state index is 0.127. The standard InChI is InChI=1S/C16H27N3O3S/c20-15(3-6-19-9-12-23-16(19)21)18-4-1-14(2-5-18)13-17-7-10-22-11-8-17/h14H,1-13H2. The van der Waals surface area contributed by atoms with Crippen LogP contribution in [0.15, 0.2) is 0 Å². The number of morpholine rings is 1. The van der Waals surface area contributed by atoms with Crippen molar-refractivity contribution >= 4 is 22.9 Å². The maximum Gasteiger partial charge on any atom is 0.281 e. The number of carbonyl (C=O) groups excluding carboxylic acids is 2. The first-order valence-corrected chi connectivity index (χ1v) is 9.70. The van der Waals surface area contributed by atoms with Gasteiger partial charge in [-0.2, -0.15) is 0 Å². The van der Waals surface area contributed by atoms with Gasteiger partial charge < -0.3 is 14.5 Å². The fourth-order valence-corrected chi connectivity index (χ4v) is 4.38. The maximum atomic E-state index is 12.3. The molecule has 3 rings (SSSR count). The van der Waals surface area contributed by atoms with E-state index in [0.29, 0.717) is 18.9 Å². The first-order valence-electron chi connectivity index (χ1n) is 8.72. The largest absolute Gasteiger partial charge is 0.379 e. The fourth-order valence-electron chi connectivity index (χ4n) is 3.53. The third-order valence-electron chi connectivity index (χ3n) is 5.03. The van der Waals surface area contributed by atoms with Crippen LogP contribution >= 0.6 is 11.8 Å². The first kappa shape index (κ1) is 17.0. The van der Waals surface area contributed by atoms with Crippen molar-refractivity contribution in [3.8, 4) is 0 Å². The van der Waals surface area contributed by atoms with Crippen molar-refractivity contribution in [3.05, 3.63) is 0 Å². The van der Waals surface area contributed by atoms with E-state index in [9.17, 15) is 9.59 Å². The Kier molecular flexibility index (Phi) is 6.19. The third kappa shape index (κ3) is 4.84. The van der Waals surface area contributed by atoms with Crippen molar-refractivity contribution < 1.29 is 14.3 Å². The Morgan fingerprint density at radius 2 is 1.87 bits per heavy atom. The van der Waals surface area contributed by atoms with Gasteiger partial charge in [0.15, 0.2) is 0 Å². The van der Waals surface area contributed by atoms with Gasteiger partial charge in [-0.15, -0.1) is 0 Å². The van der Waals surface area contributed by atoms with E-state index in [1.54, 1.807) is 4.90 Å². The summed E-state index contributed by atoms with van der Waals surface area (Å²) in [6.07, 6.45) is 2.67. The molecule has 0 aromatic heterocycles. The van der Waals surface area contributed by atoms with E-state index in [0.717, 1.165) is 71.1 Å². The zero-order valence-electron chi connectivity index (χ0n) is 13.7. The zero-order chi connectivity index (χ0) is 16.1. The average molecular weight is 341 g/mol. The first-order chi connectivity index (χ1) is 11.2. The number of rotatable bonds is 5. The summed E-state index contributed by atoms with van der Waals surface area (Å²) in [5, 5.41) is 0.127. The summed E-state index contributed by atoms with van der Waals surface area (Å²) in [6.45, 7) is 8.05. The number of amides is 2. The third-order valence-corrected chi connectivity index (χ3v) is 5.92. The number of nitrogens with zero attached hydrogens (tertiary/aromatic N) is 3. The molecule has 0 bridgehead atoms. The smallest absolute Gasteiger partial charge is 0.281 e. The molecule has 3 aliphatic rings. The molecular weight excluding hydrogens is 314 g/mol. The van der Waals surface area contributed by atoms with Crippen LogP contribution in [0, 0.1) is 5.92 Å². The van der Waals surface area contributed by atoms with Crippen LogP contribution in [0.3, 0.4) is 0 Å². The van der Waals surface area contributed by atoms with Gasteiger partial charge in [-0.25, -0.2) is 0 Å². The number of hydrogen-bond acceptors (Lipinski definition) is 5. The Morgan fingerprint density at radius 1 is 1.13 bits per heavy atom. The monoisotopic (exact) mass is 341 g/mol. The van der Waals surface area contributed by atoms with E-state index >= 15 is 0 Å². The van der Waals surface area contributed by atoms with Crippen LogP contribution in [0.5, 0.6) is 0 Å². The molecule has 0 aromatic rings. The molecular formula is C16H27N3O3S. The predicted octanol–water partition coefficient (Wildman–Crippen LogP) is 1.12. The van der Waals surface area contributed by atoms with Crippen molar-refractivity contribution in [1.29, 1.82) is 0 Å². The molecule has 23 heavy (non-hydrogen) atoms. The molecule has 7 heteroatoms. The number of likely N-dealkylation sites (tertiary alicyclic amines) is 1. The van der Waals surface area contributed by atoms with E-state index in [4.69, 9.17) is 4.74 Å². The zero-order valence-corrected chi connectivity index (χ0v) is 14.6. The van der Waals surface area contributed by atoms with Gasteiger partial charge in [-0.05, 0) is 18.8 Å². The van der Waals surface area contributed by atoms with E-state index in [2.05, 4.69) is 4.90 Å². The topological polar surface area (TPSA) is 53.1 Å². The molecule has 0 atom stereocenters. The van der Waals surface area contributed by atoms with Gasteiger partial charge in [0.1, 0.15) is 0 Å². The van der Waals surface area contributed by atoms with Crippen molar-refractivity contribution in [3.63, 3.8) is 0 Å². The summed E-state index contributed by atoms with van der Waals surface area (Å²) in [6, 6.07) is 0. The molecule has 0 spiro atoms. The van der Waals surface area contributed by atoms with Gasteiger partial charge in [0.25, 0.3) is 5.24 Å². The molecule has 6 nitrogen and oxygen atoms in total. The second-order valence-electron chi connectivity index (χ2n) is 6.59. The lowest BCUT2D eigenvalue weighted by atomic mass is 9.96. The minimum atomic E-state index is 0.127. The highest BCUT2D eigenvalue weighted by molar-refractivity contribution is 8.13. The van der Waals surface area contributed by atoms with Crippen LogP contribution in [0.1, 0.15) is 19.3 Å². The van der Waals surface area contributed by atoms with Gasteiger partial charge in [-0.1, -0.05) is 11.8 Å². The molecule has 0 radical (unpaired) electrons. The normalized spacial score (nSPS) is 24.4. The lowest BCUT2D eigenvalue weighted by Crippen LogP contribution is -2.44. The minimum Gasteiger partial charge on any atom is -0.379 e. The van der Waals surface area contributed by atoms with Crippen molar-refractivity contribution in [2.24, 2.45) is 5.92 Å². The summed E-state index contributed by atoms with van der Waals surface area (Å²) in [7, 11) is 0. The maximum absolute atomic E-state index is 12.3. The van der Waals surface area contributed by atoms with E-state index in [1.807, 2.05) is 4.90 Å². The van der Waals surface area contributed by atoms with Gasteiger partial charge >= 0.3 is 0 Å². The van der Waals surface area contributed by atoms with E-state index in [1.165, 1.54) is 11.8 Å². The van der Waals surface area contributed by atoms with E-state index < -0.39 is 0 Å². The molecule has 0 saturated carbocycles. The summed E-state index contributed by atoms with van der Waals surface area (Å²) in [5.41, 5.74) is 0. The molecule has 3 heterocycles. The fraction of sp³-hybridized carbons (Fsp3) is 0.875. The number of hydrogen-bond donors (Lipinski definition) is 0. The lowest BCUT2D eigenvalue weighted by molar-refractivity contribution is -0.132. The number of thioether (sulfide) groups is 1. The highest BCUT2D eigenvalue weighted by Crippen LogP contribution is 2.21. The van der Waals surface area contributed by atoms with Crippen molar-refractivity contribution in [1.82, 2.24) is 14.7 Å². The Labute approximate surface area is 142 Å². The Balaban J connectivity index is 1.34. The van der Waals surface area contributed by atoms with E-state index in [-0.39, 0.29) is 11.1 Å². The molecule has 130 valence electrons. The molecule has 2 amide bonds. The van der Waals surface area contributed by atoms with Gasteiger partial charge in [0.2, 0.25) is 5.91 Å². The molecule has 0 aliphatic carbocycles. The molecule has 0 N–H and O–H groups in total. The van der Waals surface area contributed by atoms with Crippen molar-refractivity contribution in [2.45, 2.75) is 19.3 Å².